The molecule has 2 heterocycles. The summed E-state index contributed by atoms with van der Waals surface area (Å²) >= 11 is 5.85. The summed E-state index contributed by atoms with van der Waals surface area (Å²) in [6, 6.07) is -0.143. The average Bonchev–Trinajstić information content (AvgIpc) is 2.79. The molecule has 2 aliphatic heterocycles. The van der Waals surface area contributed by atoms with Gasteiger partial charge in [-0.25, -0.2) is 0 Å². The third-order valence-electron chi connectivity index (χ3n) is 6.75. The maximum Gasteiger partial charge on any atom is 0.303 e. The predicted molar refractivity (Wildman–Crippen MR) is 140 cm³/mol. The standard InChI is InChI=1S/C27H42ClNO8/c1-16(8-11-23-25(32)27(34,15-28)14-26(6,33)37-23)7-10-22-17(2)13-21(19(4)36-22)29-24(31)12-9-18(3)35-20(5)30/h7-9,11-12,17-19,21-23,25,32-34H,10,13-15H2,1-6H3,(H,29,31)/b11-8+,12-9-,16-7+/t17-,18?,19-,21?,22-,23+,25+,26-,27+/m0/s1. The number of aliphatic hydroxyl groups excluding tert-OH is 1. The number of alkyl halides is 1. The molecule has 0 aromatic rings. The number of rotatable bonds is 9. The van der Waals surface area contributed by atoms with E-state index in [-0.39, 0.29) is 42.4 Å². The second-order valence-electron chi connectivity index (χ2n) is 10.5. The van der Waals surface area contributed by atoms with Gasteiger partial charge in [0.05, 0.1) is 24.1 Å². The molecule has 9 nitrogen and oxygen atoms in total. The molecule has 10 heteroatoms. The van der Waals surface area contributed by atoms with Crippen molar-refractivity contribution in [3.05, 3.63) is 36.0 Å². The van der Waals surface area contributed by atoms with Crippen LogP contribution in [-0.4, -0.2) is 81.0 Å². The van der Waals surface area contributed by atoms with Gasteiger partial charge in [0, 0.05) is 19.4 Å². The number of hydrogen-bond donors (Lipinski definition) is 4. The summed E-state index contributed by atoms with van der Waals surface area (Å²) in [5, 5.41) is 34.4. The van der Waals surface area contributed by atoms with Crippen LogP contribution in [0.1, 0.15) is 60.8 Å². The minimum absolute atomic E-state index is 0.0374. The lowest BCUT2D eigenvalue weighted by Crippen LogP contribution is -2.61. The number of hydrogen-bond acceptors (Lipinski definition) is 8. The molecule has 9 atom stereocenters. The molecule has 37 heavy (non-hydrogen) atoms. The Labute approximate surface area is 224 Å². The highest BCUT2D eigenvalue weighted by atomic mass is 35.5. The highest BCUT2D eigenvalue weighted by Gasteiger charge is 2.51. The van der Waals surface area contributed by atoms with Gasteiger partial charge in [0.1, 0.15) is 23.9 Å². The zero-order valence-electron chi connectivity index (χ0n) is 22.5. The molecule has 2 unspecified atom stereocenters. The largest absolute Gasteiger partial charge is 0.459 e. The van der Waals surface area contributed by atoms with Crippen molar-refractivity contribution in [2.75, 3.05) is 5.88 Å². The summed E-state index contributed by atoms with van der Waals surface area (Å²) in [5.74, 6) is -2.32. The van der Waals surface area contributed by atoms with Gasteiger partial charge in [-0.15, -0.1) is 11.6 Å². The van der Waals surface area contributed by atoms with E-state index in [0.29, 0.717) is 6.42 Å². The van der Waals surface area contributed by atoms with E-state index in [4.69, 9.17) is 25.8 Å². The molecule has 0 saturated carbocycles. The second-order valence-corrected chi connectivity index (χ2v) is 10.8. The van der Waals surface area contributed by atoms with Crippen LogP contribution in [0, 0.1) is 5.92 Å². The number of halogens is 1. The SMILES string of the molecule is CC(=O)OC(C)/C=C\C(=O)NC1C[C@H](C)[C@H](C/C=C(C)/C=C/[C@H]2O[C@](C)(O)C[C@@](O)(CCl)[C@@H]2O)O[C@H]1C. The van der Waals surface area contributed by atoms with Gasteiger partial charge in [0.2, 0.25) is 5.91 Å². The molecule has 2 fully saturated rings. The summed E-state index contributed by atoms with van der Waals surface area (Å²) in [4.78, 5) is 23.3. The summed E-state index contributed by atoms with van der Waals surface area (Å²) in [5.41, 5.74) is -0.749. The average molecular weight is 544 g/mol. The van der Waals surface area contributed by atoms with Gasteiger partial charge in [0.15, 0.2) is 5.79 Å². The van der Waals surface area contributed by atoms with Crippen LogP contribution >= 0.6 is 11.6 Å². The normalized spacial score (nSPS) is 38.1. The smallest absolute Gasteiger partial charge is 0.303 e. The zero-order valence-corrected chi connectivity index (χ0v) is 23.3. The summed E-state index contributed by atoms with van der Waals surface area (Å²) < 4.78 is 16.7. The van der Waals surface area contributed by atoms with Gasteiger partial charge in [-0.1, -0.05) is 30.7 Å². The maximum absolute atomic E-state index is 12.3. The Kier molecular flexibility index (Phi) is 11.4. The monoisotopic (exact) mass is 543 g/mol. The van der Waals surface area contributed by atoms with Crippen LogP contribution in [0.3, 0.4) is 0 Å². The minimum Gasteiger partial charge on any atom is -0.459 e. The predicted octanol–water partition coefficient (Wildman–Crippen LogP) is 2.51. The Balaban J connectivity index is 1.91. The first kappa shape index (κ1) is 31.5. The first-order valence-electron chi connectivity index (χ1n) is 12.7. The van der Waals surface area contributed by atoms with E-state index in [2.05, 4.69) is 12.2 Å². The fraction of sp³-hybridized carbons (Fsp3) is 0.704. The molecule has 0 aliphatic carbocycles. The second kappa shape index (κ2) is 13.4. The van der Waals surface area contributed by atoms with E-state index < -0.39 is 35.7 Å². The van der Waals surface area contributed by atoms with Gasteiger partial charge in [-0.05, 0) is 52.5 Å². The van der Waals surface area contributed by atoms with E-state index in [1.165, 1.54) is 26.0 Å². The van der Waals surface area contributed by atoms with Crippen molar-refractivity contribution in [3.8, 4) is 0 Å². The van der Waals surface area contributed by atoms with Crippen molar-refractivity contribution in [1.82, 2.24) is 5.32 Å². The molecule has 1 amide bonds. The van der Waals surface area contributed by atoms with Gasteiger partial charge in [-0.3, -0.25) is 9.59 Å². The van der Waals surface area contributed by atoms with E-state index >= 15 is 0 Å². The molecular formula is C27H42ClNO8. The molecule has 0 aromatic heterocycles. The summed E-state index contributed by atoms with van der Waals surface area (Å²) in [7, 11) is 0. The van der Waals surface area contributed by atoms with Crippen molar-refractivity contribution in [3.63, 3.8) is 0 Å². The summed E-state index contributed by atoms with van der Waals surface area (Å²) in [6.07, 6.45) is 6.62. The van der Waals surface area contributed by atoms with Crippen molar-refractivity contribution in [2.45, 2.75) is 109 Å². The Hall–Kier alpha value is -1.75. The molecule has 4 N–H and O–H groups in total. The van der Waals surface area contributed by atoms with Crippen molar-refractivity contribution in [1.29, 1.82) is 0 Å². The van der Waals surface area contributed by atoms with Crippen LogP contribution in [0.4, 0.5) is 0 Å². The molecule has 2 saturated heterocycles. The van der Waals surface area contributed by atoms with Gasteiger partial charge < -0.3 is 34.8 Å². The molecule has 0 radical (unpaired) electrons. The van der Waals surface area contributed by atoms with Crippen LogP contribution in [0.5, 0.6) is 0 Å². The van der Waals surface area contributed by atoms with Crippen molar-refractivity contribution >= 4 is 23.5 Å². The van der Waals surface area contributed by atoms with Crippen LogP contribution in [-0.2, 0) is 23.8 Å². The highest BCUT2D eigenvalue weighted by Crippen LogP contribution is 2.36. The number of carbonyl (C=O) groups is 2. The lowest BCUT2D eigenvalue weighted by molar-refractivity contribution is -0.302. The first-order valence-corrected chi connectivity index (χ1v) is 13.2. The third kappa shape index (κ3) is 9.50. The Morgan fingerprint density at radius 1 is 1.24 bits per heavy atom. The number of nitrogens with one attached hydrogen (secondary N) is 1. The van der Waals surface area contributed by atoms with Gasteiger partial charge in [0.25, 0.3) is 0 Å². The fourth-order valence-corrected chi connectivity index (χ4v) is 4.99. The van der Waals surface area contributed by atoms with Crippen molar-refractivity contribution < 1.29 is 39.1 Å². The number of allylic oxidation sites excluding steroid dienone is 2. The topological polar surface area (TPSA) is 135 Å². The van der Waals surface area contributed by atoms with E-state index in [9.17, 15) is 24.9 Å². The Morgan fingerprint density at radius 2 is 1.92 bits per heavy atom. The lowest BCUT2D eigenvalue weighted by atomic mass is 9.84. The lowest BCUT2D eigenvalue weighted by Gasteiger charge is -2.46. The minimum atomic E-state index is -1.65. The Morgan fingerprint density at radius 3 is 2.54 bits per heavy atom. The molecule has 0 aromatic carbocycles. The molecular weight excluding hydrogens is 502 g/mol. The van der Waals surface area contributed by atoms with Crippen LogP contribution in [0.2, 0.25) is 0 Å². The van der Waals surface area contributed by atoms with Crippen LogP contribution in [0.15, 0.2) is 36.0 Å². The third-order valence-corrected chi connectivity index (χ3v) is 7.22. The fourth-order valence-electron chi connectivity index (χ4n) is 4.73. The van der Waals surface area contributed by atoms with E-state index in [0.717, 1.165) is 12.0 Å². The Bertz CT molecular complexity index is 888. The molecule has 210 valence electrons. The number of ether oxygens (including phenoxy) is 3. The van der Waals surface area contributed by atoms with Gasteiger partial charge >= 0.3 is 5.97 Å². The van der Waals surface area contributed by atoms with Gasteiger partial charge in [-0.2, -0.15) is 0 Å². The molecule has 0 spiro atoms. The zero-order chi connectivity index (χ0) is 28.0. The highest BCUT2D eigenvalue weighted by molar-refractivity contribution is 6.18. The first-order chi connectivity index (χ1) is 17.2. The quantitative estimate of drug-likeness (QED) is 0.151. The van der Waals surface area contributed by atoms with Crippen molar-refractivity contribution in [2.24, 2.45) is 5.92 Å². The maximum atomic E-state index is 12.3. The number of esters is 1. The number of amides is 1. The summed E-state index contributed by atoms with van der Waals surface area (Å²) in [6.45, 7) is 10.3. The van der Waals surface area contributed by atoms with Crippen LogP contribution in [0.25, 0.3) is 0 Å². The number of aliphatic hydroxyl groups is 3. The number of carbonyl (C=O) groups excluding carboxylic acids is 2. The van der Waals surface area contributed by atoms with E-state index in [1.54, 1.807) is 19.1 Å². The molecule has 0 bridgehead atoms. The molecule has 2 rings (SSSR count). The molecule has 2 aliphatic rings. The van der Waals surface area contributed by atoms with E-state index in [1.807, 2.05) is 19.9 Å². The van der Waals surface area contributed by atoms with Crippen LogP contribution < -0.4 is 5.32 Å².